The van der Waals surface area contributed by atoms with E-state index >= 15 is 0 Å². The molecule has 0 aromatic carbocycles. The van der Waals surface area contributed by atoms with Gasteiger partial charge >= 0.3 is 5.97 Å². The van der Waals surface area contributed by atoms with Crippen LogP contribution in [0.3, 0.4) is 0 Å². The van der Waals surface area contributed by atoms with Gasteiger partial charge in [0, 0.05) is 0 Å². The van der Waals surface area contributed by atoms with E-state index in [1.165, 1.54) is 6.92 Å². The normalized spacial score (nSPS) is 16.1. The van der Waals surface area contributed by atoms with Gasteiger partial charge in [-0.2, -0.15) is 0 Å². The summed E-state index contributed by atoms with van der Waals surface area (Å²) in [7, 11) is 0. The van der Waals surface area contributed by atoms with Gasteiger partial charge in [0.15, 0.2) is 6.04 Å². The van der Waals surface area contributed by atoms with E-state index in [9.17, 15) is 24.3 Å². The number of carbonyl (C=O) groups excluding carboxylic acids is 3. The number of aliphatic hydroxyl groups is 1. The molecule has 0 rings (SSSR count). The lowest BCUT2D eigenvalue weighted by atomic mass is 10.0. The molecule has 0 aliphatic heterocycles. The van der Waals surface area contributed by atoms with Gasteiger partial charge in [-0.1, -0.05) is 13.8 Å². The first-order valence-electron chi connectivity index (χ1n) is 7.02. The van der Waals surface area contributed by atoms with E-state index in [1.54, 1.807) is 13.8 Å². The first kappa shape index (κ1) is 20.8. The van der Waals surface area contributed by atoms with Crippen LogP contribution < -0.4 is 22.1 Å². The van der Waals surface area contributed by atoms with Crippen LogP contribution in [0.2, 0.25) is 0 Å². The van der Waals surface area contributed by atoms with Gasteiger partial charge < -0.3 is 32.3 Å². The molecule has 0 fully saturated rings. The summed E-state index contributed by atoms with van der Waals surface area (Å²) >= 11 is 0. The molecule has 8 N–H and O–H groups in total. The van der Waals surface area contributed by atoms with Crippen molar-refractivity contribution < 1.29 is 29.4 Å². The Hall–Kier alpha value is -2.20. The molecule has 0 aliphatic carbocycles. The van der Waals surface area contributed by atoms with E-state index in [2.05, 4.69) is 5.32 Å². The fraction of sp³-hybridized carbons (Fsp3) is 0.692. The summed E-state index contributed by atoms with van der Waals surface area (Å²) < 4.78 is 0. The average Bonchev–Trinajstić information content (AvgIpc) is 2.41. The van der Waals surface area contributed by atoms with Gasteiger partial charge in [-0.15, -0.1) is 0 Å². The molecule has 4 atom stereocenters. The van der Waals surface area contributed by atoms with E-state index in [-0.39, 0.29) is 5.92 Å². The van der Waals surface area contributed by atoms with Gasteiger partial charge in [0.1, 0.15) is 6.04 Å². The first-order valence-corrected chi connectivity index (χ1v) is 7.02. The number of carboxylic acid groups (broad SMARTS) is 1. The molecular formula is C13H24N4O6. The van der Waals surface area contributed by atoms with Crippen molar-refractivity contribution in [3.63, 3.8) is 0 Å². The third-order valence-electron chi connectivity index (χ3n) is 3.11. The number of nitrogens with two attached hydrogens (primary N) is 2. The summed E-state index contributed by atoms with van der Waals surface area (Å²) in [6.07, 6.45) is -1.91. The van der Waals surface area contributed by atoms with Crippen molar-refractivity contribution in [1.82, 2.24) is 10.6 Å². The highest BCUT2D eigenvalue weighted by Crippen LogP contribution is 2.02. The molecule has 0 radical (unpaired) electrons. The first-order chi connectivity index (χ1) is 10.5. The Morgan fingerprint density at radius 2 is 1.57 bits per heavy atom. The number of aliphatic hydroxyl groups excluding tert-OH is 1. The van der Waals surface area contributed by atoms with Crippen molar-refractivity contribution in [2.24, 2.45) is 17.4 Å². The second kappa shape index (κ2) is 9.06. The number of rotatable bonds is 9. The monoisotopic (exact) mass is 332 g/mol. The maximum absolute atomic E-state index is 12.1. The van der Waals surface area contributed by atoms with E-state index in [1.807, 2.05) is 5.32 Å². The Morgan fingerprint density at radius 1 is 1.04 bits per heavy atom. The van der Waals surface area contributed by atoms with Crippen molar-refractivity contribution >= 4 is 23.7 Å². The van der Waals surface area contributed by atoms with Crippen molar-refractivity contribution in [3.8, 4) is 0 Å². The number of primary amides is 1. The van der Waals surface area contributed by atoms with E-state index in [4.69, 9.17) is 16.6 Å². The number of carboxylic acids is 1. The van der Waals surface area contributed by atoms with Crippen molar-refractivity contribution in [2.75, 3.05) is 0 Å². The van der Waals surface area contributed by atoms with Crippen LogP contribution in [0, 0.1) is 5.92 Å². The maximum atomic E-state index is 12.1. The van der Waals surface area contributed by atoms with E-state index < -0.39 is 54.3 Å². The molecule has 0 bridgehead atoms. The standard InChI is InChI=1S/C13H24N4O6/c1-5(2)9(15)12(21)16-7(4-8(14)19)11(20)17-10(6(3)18)13(22)23/h5-7,9-10,18H,4,15H2,1-3H3,(H2,14,19)(H,16,21)(H,17,20)(H,22,23)/t6-,7+,9+,10+/m1/s1. The molecule has 0 heterocycles. The van der Waals surface area contributed by atoms with Crippen LogP contribution in [0.5, 0.6) is 0 Å². The van der Waals surface area contributed by atoms with Crippen LogP contribution in [0.4, 0.5) is 0 Å². The molecule has 0 aromatic heterocycles. The van der Waals surface area contributed by atoms with Crippen LogP contribution in [0.25, 0.3) is 0 Å². The number of carbonyl (C=O) groups is 4. The topological polar surface area (TPSA) is 185 Å². The second-order valence-corrected chi connectivity index (χ2v) is 5.57. The highest BCUT2D eigenvalue weighted by atomic mass is 16.4. The van der Waals surface area contributed by atoms with Crippen LogP contribution >= 0.6 is 0 Å². The van der Waals surface area contributed by atoms with Crippen molar-refractivity contribution in [1.29, 1.82) is 0 Å². The summed E-state index contributed by atoms with van der Waals surface area (Å²) in [6.45, 7) is 4.57. The molecule has 0 spiro atoms. The minimum Gasteiger partial charge on any atom is -0.480 e. The van der Waals surface area contributed by atoms with E-state index in [0.717, 1.165) is 0 Å². The quantitative estimate of drug-likeness (QED) is 0.265. The zero-order chi connectivity index (χ0) is 18.3. The minimum atomic E-state index is -1.59. The summed E-state index contributed by atoms with van der Waals surface area (Å²) in [4.78, 5) is 46.0. The fourth-order valence-electron chi connectivity index (χ4n) is 1.62. The predicted molar refractivity (Wildman–Crippen MR) is 79.8 cm³/mol. The van der Waals surface area contributed by atoms with Crippen LogP contribution in [-0.4, -0.2) is 58.1 Å². The zero-order valence-electron chi connectivity index (χ0n) is 13.3. The third kappa shape index (κ3) is 7.06. The lowest BCUT2D eigenvalue weighted by molar-refractivity contribution is -0.145. The highest BCUT2D eigenvalue weighted by molar-refractivity contribution is 5.94. The molecule has 0 aromatic rings. The predicted octanol–water partition coefficient (Wildman–Crippen LogP) is -2.72. The summed E-state index contributed by atoms with van der Waals surface area (Å²) in [5, 5.41) is 22.6. The largest absolute Gasteiger partial charge is 0.480 e. The van der Waals surface area contributed by atoms with Gasteiger partial charge in [0.05, 0.1) is 18.6 Å². The second-order valence-electron chi connectivity index (χ2n) is 5.57. The van der Waals surface area contributed by atoms with Crippen LogP contribution in [0.15, 0.2) is 0 Å². The fourth-order valence-corrected chi connectivity index (χ4v) is 1.62. The summed E-state index contributed by atoms with van der Waals surface area (Å²) in [5.74, 6) is -4.17. The van der Waals surface area contributed by atoms with Crippen LogP contribution in [0.1, 0.15) is 27.2 Å². The molecule has 10 nitrogen and oxygen atoms in total. The van der Waals surface area contributed by atoms with Crippen LogP contribution in [-0.2, 0) is 19.2 Å². The molecule has 0 unspecified atom stereocenters. The Balaban J connectivity index is 5.09. The molecule has 3 amide bonds. The molecule has 0 saturated heterocycles. The average molecular weight is 332 g/mol. The Bertz CT molecular complexity index is 465. The van der Waals surface area contributed by atoms with Gasteiger partial charge in [0.2, 0.25) is 17.7 Å². The Kier molecular flexibility index (Phi) is 8.19. The van der Waals surface area contributed by atoms with E-state index in [0.29, 0.717) is 0 Å². The molecule has 10 heteroatoms. The lowest BCUT2D eigenvalue weighted by Crippen LogP contribution is -2.57. The van der Waals surface area contributed by atoms with Crippen molar-refractivity contribution in [3.05, 3.63) is 0 Å². The van der Waals surface area contributed by atoms with Gasteiger partial charge in [-0.25, -0.2) is 4.79 Å². The molecular weight excluding hydrogens is 308 g/mol. The number of hydrogen-bond donors (Lipinski definition) is 6. The van der Waals surface area contributed by atoms with Gasteiger partial charge in [-0.3, -0.25) is 14.4 Å². The maximum Gasteiger partial charge on any atom is 0.328 e. The highest BCUT2D eigenvalue weighted by Gasteiger charge is 2.31. The zero-order valence-corrected chi connectivity index (χ0v) is 13.3. The Labute approximate surface area is 133 Å². The number of nitrogens with one attached hydrogen (secondary N) is 2. The molecule has 23 heavy (non-hydrogen) atoms. The lowest BCUT2D eigenvalue weighted by Gasteiger charge is -2.24. The molecule has 0 aliphatic rings. The number of hydrogen-bond acceptors (Lipinski definition) is 6. The SMILES string of the molecule is CC(C)[C@H](N)C(=O)N[C@@H](CC(N)=O)C(=O)N[C@H](C(=O)O)[C@@H](C)O. The van der Waals surface area contributed by atoms with Gasteiger partial charge in [-0.05, 0) is 12.8 Å². The Morgan fingerprint density at radius 3 is 1.91 bits per heavy atom. The molecule has 132 valence electrons. The van der Waals surface area contributed by atoms with Crippen molar-refractivity contribution in [2.45, 2.75) is 51.4 Å². The summed E-state index contributed by atoms with van der Waals surface area (Å²) in [5.41, 5.74) is 10.7. The third-order valence-corrected chi connectivity index (χ3v) is 3.11. The number of aliphatic carboxylic acids is 1. The smallest absolute Gasteiger partial charge is 0.328 e. The number of amides is 3. The van der Waals surface area contributed by atoms with Gasteiger partial charge in [0.25, 0.3) is 0 Å². The minimum absolute atomic E-state index is 0.212. The molecule has 0 saturated carbocycles. The summed E-state index contributed by atoms with van der Waals surface area (Å²) in [6, 6.07) is -3.89.